The average molecular weight is 260 g/mol. The first-order valence-electron chi connectivity index (χ1n) is 6.61. The minimum atomic E-state index is -0.412. The lowest BCUT2D eigenvalue weighted by atomic mass is 9.95. The first-order valence-corrected chi connectivity index (χ1v) is 6.61. The summed E-state index contributed by atoms with van der Waals surface area (Å²) < 4.78 is 0. The molecule has 0 saturated carbocycles. The van der Waals surface area contributed by atoms with Gasteiger partial charge >= 0.3 is 0 Å². The van der Waals surface area contributed by atoms with Gasteiger partial charge in [0.1, 0.15) is 12.1 Å². The van der Waals surface area contributed by atoms with Crippen LogP contribution in [0.3, 0.4) is 0 Å². The van der Waals surface area contributed by atoms with E-state index in [1.54, 1.807) is 11.9 Å². The first-order chi connectivity index (χ1) is 9.00. The van der Waals surface area contributed by atoms with Crippen LogP contribution in [0.2, 0.25) is 0 Å². The Kier molecular flexibility index (Phi) is 3.88. The summed E-state index contributed by atoms with van der Waals surface area (Å²) in [6, 6.07) is 8.95. The molecular formula is C15H20N2O2. The highest BCUT2D eigenvalue weighted by atomic mass is 16.2. The molecule has 0 bridgehead atoms. The molecule has 102 valence electrons. The molecule has 1 N–H and O–H groups in total. The van der Waals surface area contributed by atoms with E-state index in [0.717, 1.165) is 5.56 Å². The smallest absolute Gasteiger partial charge is 0.245 e. The lowest BCUT2D eigenvalue weighted by Crippen LogP contribution is -2.64. The number of amides is 2. The van der Waals surface area contributed by atoms with Crippen LogP contribution in [-0.2, 0) is 16.0 Å². The topological polar surface area (TPSA) is 49.4 Å². The van der Waals surface area contributed by atoms with E-state index < -0.39 is 12.1 Å². The lowest BCUT2D eigenvalue weighted by Gasteiger charge is -2.38. The number of hydrogen-bond donors (Lipinski definition) is 1. The fraction of sp³-hybridized carbons (Fsp3) is 0.467. The number of nitrogens with zero attached hydrogens (tertiary/aromatic N) is 1. The second-order valence-electron chi connectivity index (χ2n) is 5.38. The van der Waals surface area contributed by atoms with Gasteiger partial charge in [-0.2, -0.15) is 0 Å². The van der Waals surface area contributed by atoms with Crippen molar-refractivity contribution in [1.82, 2.24) is 10.2 Å². The van der Waals surface area contributed by atoms with Crippen molar-refractivity contribution in [1.29, 1.82) is 0 Å². The number of nitrogens with one attached hydrogen (secondary N) is 1. The van der Waals surface area contributed by atoms with Gasteiger partial charge in [-0.05, 0) is 11.5 Å². The summed E-state index contributed by atoms with van der Waals surface area (Å²) in [6.45, 7) is 3.88. The molecule has 0 aromatic heterocycles. The minimum Gasteiger partial charge on any atom is -0.342 e. The van der Waals surface area contributed by atoms with Gasteiger partial charge in [0.15, 0.2) is 0 Å². The molecule has 2 unspecified atom stereocenters. The molecule has 4 nitrogen and oxygen atoms in total. The Morgan fingerprint density at radius 2 is 1.84 bits per heavy atom. The summed E-state index contributed by atoms with van der Waals surface area (Å²) in [5.41, 5.74) is 1.06. The predicted molar refractivity (Wildman–Crippen MR) is 73.5 cm³/mol. The summed E-state index contributed by atoms with van der Waals surface area (Å²) in [7, 11) is 1.71. The maximum Gasteiger partial charge on any atom is 0.245 e. The van der Waals surface area contributed by atoms with E-state index in [1.807, 2.05) is 44.2 Å². The summed E-state index contributed by atoms with van der Waals surface area (Å²) in [6.07, 6.45) is 0.555. The van der Waals surface area contributed by atoms with E-state index in [9.17, 15) is 9.59 Å². The highest BCUT2D eigenvalue weighted by Gasteiger charge is 2.39. The molecule has 1 aromatic rings. The Balaban J connectivity index is 2.15. The van der Waals surface area contributed by atoms with Crippen LogP contribution in [-0.4, -0.2) is 35.8 Å². The van der Waals surface area contributed by atoms with Crippen molar-refractivity contribution in [3.63, 3.8) is 0 Å². The molecule has 0 spiro atoms. The molecule has 0 aliphatic carbocycles. The van der Waals surface area contributed by atoms with E-state index in [0.29, 0.717) is 6.42 Å². The molecule has 1 fully saturated rings. The summed E-state index contributed by atoms with van der Waals surface area (Å²) in [5.74, 6) is 0.0387. The monoisotopic (exact) mass is 260 g/mol. The van der Waals surface area contributed by atoms with Crippen LogP contribution >= 0.6 is 0 Å². The summed E-state index contributed by atoms with van der Waals surface area (Å²) in [4.78, 5) is 26.0. The molecule has 0 radical (unpaired) electrons. The number of piperazine rings is 1. The molecule has 1 aliphatic rings. The van der Waals surface area contributed by atoms with Gasteiger partial charge in [0.25, 0.3) is 0 Å². The lowest BCUT2D eigenvalue weighted by molar-refractivity contribution is -0.148. The SMILES string of the molecule is CC(C)C1NC(=O)C(Cc2ccccc2)N(C)C1=O. The zero-order valence-electron chi connectivity index (χ0n) is 11.6. The zero-order chi connectivity index (χ0) is 14.0. The van der Waals surface area contributed by atoms with Gasteiger partial charge in [0, 0.05) is 13.5 Å². The van der Waals surface area contributed by atoms with Crippen molar-refractivity contribution in [2.45, 2.75) is 32.4 Å². The number of benzene rings is 1. The van der Waals surface area contributed by atoms with Gasteiger partial charge in [-0.25, -0.2) is 0 Å². The molecule has 2 amide bonds. The Bertz CT molecular complexity index is 470. The predicted octanol–water partition coefficient (Wildman–Crippen LogP) is 1.21. The molecule has 19 heavy (non-hydrogen) atoms. The van der Waals surface area contributed by atoms with Crippen LogP contribution in [0.15, 0.2) is 30.3 Å². The van der Waals surface area contributed by atoms with Crippen molar-refractivity contribution in [2.24, 2.45) is 5.92 Å². The quantitative estimate of drug-likeness (QED) is 0.888. The van der Waals surface area contributed by atoms with E-state index >= 15 is 0 Å². The highest BCUT2D eigenvalue weighted by Crippen LogP contribution is 2.17. The summed E-state index contributed by atoms with van der Waals surface area (Å²) >= 11 is 0. The van der Waals surface area contributed by atoms with E-state index in [4.69, 9.17) is 0 Å². The third kappa shape index (κ3) is 2.78. The number of rotatable bonds is 3. The standard InChI is InChI=1S/C15H20N2O2/c1-10(2)13-15(19)17(3)12(14(18)16-13)9-11-7-5-4-6-8-11/h4-8,10,12-13H,9H2,1-3H3,(H,16,18). The Morgan fingerprint density at radius 3 is 2.42 bits per heavy atom. The van der Waals surface area contributed by atoms with E-state index in [1.165, 1.54) is 0 Å². The van der Waals surface area contributed by atoms with Gasteiger partial charge in [-0.3, -0.25) is 9.59 Å². The number of carbonyl (C=O) groups excluding carboxylic acids is 2. The maximum atomic E-state index is 12.2. The van der Waals surface area contributed by atoms with Crippen LogP contribution in [0.5, 0.6) is 0 Å². The third-order valence-corrected chi connectivity index (χ3v) is 3.62. The van der Waals surface area contributed by atoms with E-state index in [-0.39, 0.29) is 17.7 Å². The molecule has 1 heterocycles. The van der Waals surface area contributed by atoms with Gasteiger partial charge in [-0.1, -0.05) is 44.2 Å². The van der Waals surface area contributed by atoms with E-state index in [2.05, 4.69) is 5.32 Å². The van der Waals surface area contributed by atoms with Crippen LogP contribution in [0.4, 0.5) is 0 Å². The highest BCUT2D eigenvalue weighted by molar-refractivity contribution is 5.97. The molecule has 2 atom stereocenters. The van der Waals surface area contributed by atoms with Gasteiger partial charge < -0.3 is 10.2 Å². The van der Waals surface area contributed by atoms with Gasteiger partial charge in [0.2, 0.25) is 11.8 Å². The fourth-order valence-corrected chi connectivity index (χ4v) is 2.38. The van der Waals surface area contributed by atoms with Crippen molar-refractivity contribution >= 4 is 11.8 Å². The molecule has 1 aliphatic heterocycles. The molecular weight excluding hydrogens is 240 g/mol. The normalized spacial score (nSPS) is 23.7. The second kappa shape index (κ2) is 5.43. The van der Waals surface area contributed by atoms with Crippen LogP contribution in [0.1, 0.15) is 19.4 Å². The number of carbonyl (C=O) groups is 2. The van der Waals surface area contributed by atoms with Crippen LogP contribution in [0.25, 0.3) is 0 Å². The third-order valence-electron chi connectivity index (χ3n) is 3.62. The summed E-state index contributed by atoms with van der Waals surface area (Å²) in [5, 5.41) is 2.84. The molecule has 4 heteroatoms. The Hall–Kier alpha value is -1.84. The van der Waals surface area contributed by atoms with Crippen molar-refractivity contribution in [3.05, 3.63) is 35.9 Å². The number of hydrogen-bond acceptors (Lipinski definition) is 2. The van der Waals surface area contributed by atoms with Gasteiger partial charge in [-0.15, -0.1) is 0 Å². The minimum absolute atomic E-state index is 0.00414. The molecule has 2 rings (SSSR count). The maximum absolute atomic E-state index is 12.2. The van der Waals surface area contributed by atoms with Crippen molar-refractivity contribution in [3.8, 4) is 0 Å². The molecule has 1 aromatic carbocycles. The van der Waals surface area contributed by atoms with Crippen LogP contribution < -0.4 is 5.32 Å². The van der Waals surface area contributed by atoms with Crippen LogP contribution in [0, 0.1) is 5.92 Å². The Labute approximate surface area is 113 Å². The fourth-order valence-electron chi connectivity index (χ4n) is 2.38. The zero-order valence-corrected chi connectivity index (χ0v) is 11.6. The number of likely N-dealkylation sites (N-methyl/N-ethyl adjacent to an activating group) is 1. The second-order valence-corrected chi connectivity index (χ2v) is 5.38. The largest absolute Gasteiger partial charge is 0.342 e. The van der Waals surface area contributed by atoms with Gasteiger partial charge in [0.05, 0.1) is 0 Å². The van der Waals surface area contributed by atoms with Crippen molar-refractivity contribution in [2.75, 3.05) is 7.05 Å². The first kappa shape index (κ1) is 13.6. The average Bonchev–Trinajstić information content (AvgIpc) is 2.40. The Morgan fingerprint density at radius 1 is 1.21 bits per heavy atom. The van der Waals surface area contributed by atoms with Crippen molar-refractivity contribution < 1.29 is 9.59 Å². The molecule has 1 saturated heterocycles.